The van der Waals surface area contributed by atoms with E-state index in [9.17, 15) is 4.79 Å². The Morgan fingerprint density at radius 3 is 3.04 bits per heavy atom. The van der Waals surface area contributed by atoms with Crippen LogP contribution in [-0.4, -0.2) is 29.0 Å². The van der Waals surface area contributed by atoms with E-state index in [2.05, 4.69) is 21.4 Å². The molecule has 1 heterocycles. The molecule has 2 aromatic carbocycles. The van der Waals surface area contributed by atoms with Crippen LogP contribution >= 0.6 is 0 Å². The van der Waals surface area contributed by atoms with E-state index in [4.69, 9.17) is 4.74 Å². The summed E-state index contributed by atoms with van der Waals surface area (Å²) < 4.78 is 5.40. The molecule has 0 bridgehead atoms. The van der Waals surface area contributed by atoms with Crippen molar-refractivity contribution in [2.24, 2.45) is 0 Å². The van der Waals surface area contributed by atoms with Crippen molar-refractivity contribution in [1.82, 2.24) is 15.3 Å². The molecule has 1 amide bonds. The van der Waals surface area contributed by atoms with Gasteiger partial charge in [-0.05, 0) is 36.2 Å². The topological polar surface area (TPSA) is 67.0 Å². The number of para-hydroxylation sites is 1. The highest BCUT2D eigenvalue weighted by Gasteiger charge is 2.41. The lowest BCUT2D eigenvalue weighted by Gasteiger charge is -2.08. The Labute approximate surface area is 133 Å². The van der Waals surface area contributed by atoms with Crippen molar-refractivity contribution in [3.8, 4) is 5.75 Å². The number of carbonyl (C=O) groups excluding carboxylic acids is 1. The van der Waals surface area contributed by atoms with Crippen LogP contribution in [0.15, 0.2) is 48.8 Å². The predicted molar refractivity (Wildman–Crippen MR) is 87.7 cm³/mol. The van der Waals surface area contributed by atoms with Gasteiger partial charge in [0.05, 0.1) is 24.5 Å². The van der Waals surface area contributed by atoms with E-state index in [0.29, 0.717) is 11.5 Å². The molecule has 1 saturated carbocycles. The summed E-state index contributed by atoms with van der Waals surface area (Å²) in [5.41, 5.74) is 3.53. The van der Waals surface area contributed by atoms with E-state index >= 15 is 0 Å². The van der Waals surface area contributed by atoms with Crippen molar-refractivity contribution in [3.05, 3.63) is 59.9 Å². The first-order chi connectivity index (χ1) is 11.3. The third-order valence-corrected chi connectivity index (χ3v) is 4.33. The van der Waals surface area contributed by atoms with E-state index in [0.717, 1.165) is 28.8 Å². The molecule has 1 fully saturated rings. The quantitative estimate of drug-likeness (QED) is 0.779. The van der Waals surface area contributed by atoms with E-state index in [1.54, 1.807) is 19.5 Å². The number of imidazole rings is 1. The fourth-order valence-electron chi connectivity index (χ4n) is 3.00. The monoisotopic (exact) mass is 307 g/mol. The molecule has 5 nitrogen and oxygen atoms in total. The van der Waals surface area contributed by atoms with Crippen molar-refractivity contribution < 1.29 is 9.53 Å². The number of ether oxygens (including phenoxy) is 1. The summed E-state index contributed by atoms with van der Waals surface area (Å²) in [6.45, 7) is 0. The maximum Gasteiger partial charge on any atom is 0.251 e. The molecular formula is C18H17N3O2. The van der Waals surface area contributed by atoms with Crippen LogP contribution in [-0.2, 0) is 0 Å². The molecule has 1 aliphatic rings. The highest BCUT2D eigenvalue weighted by Crippen LogP contribution is 2.44. The maximum absolute atomic E-state index is 12.4. The lowest BCUT2D eigenvalue weighted by Crippen LogP contribution is -2.26. The Morgan fingerprint density at radius 2 is 2.17 bits per heavy atom. The highest BCUT2D eigenvalue weighted by molar-refractivity contribution is 5.97. The summed E-state index contributed by atoms with van der Waals surface area (Å²) in [5, 5.41) is 3.10. The number of methoxy groups -OCH3 is 1. The van der Waals surface area contributed by atoms with Crippen LogP contribution in [0.3, 0.4) is 0 Å². The summed E-state index contributed by atoms with van der Waals surface area (Å²) in [4.78, 5) is 19.6. The van der Waals surface area contributed by atoms with Crippen molar-refractivity contribution in [2.45, 2.75) is 18.4 Å². The van der Waals surface area contributed by atoms with Gasteiger partial charge in [-0.1, -0.05) is 18.2 Å². The van der Waals surface area contributed by atoms with Crippen LogP contribution in [0.5, 0.6) is 5.75 Å². The molecule has 0 unspecified atom stereocenters. The fourth-order valence-corrected chi connectivity index (χ4v) is 3.00. The van der Waals surface area contributed by atoms with Crippen LogP contribution in [0.1, 0.15) is 28.3 Å². The van der Waals surface area contributed by atoms with Crippen LogP contribution < -0.4 is 10.1 Å². The van der Waals surface area contributed by atoms with E-state index < -0.39 is 0 Å². The molecule has 0 spiro atoms. The molecule has 0 saturated heterocycles. The second kappa shape index (κ2) is 5.43. The number of nitrogens with one attached hydrogen (secondary N) is 2. The fraction of sp³-hybridized carbons (Fsp3) is 0.222. The third-order valence-electron chi connectivity index (χ3n) is 4.33. The molecule has 1 aromatic heterocycles. The number of hydrogen-bond acceptors (Lipinski definition) is 3. The standard InChI is InChI=1S/C18H17N3O2/c1-23-17-5-3-2-4-12(17)13-9-15(13)21-18(22)11-6-7-14-16(8-11)20-10-19-14/h2-8,10,13,15H,9H2,1H3,(H,19,20)(H,21,22)/t13-,15+/m1/s1. The first kappa shape index (κ1) is 13.8. The maximum atomic E-state index is 12.4. The van der Waals surface area contributed by atoms with Crippen LogP contribution in [0, 0.1) is 0 Å². The number of aromatic amines is 1. The number of aromatic nitrogens is 2. The molecule has 0 aliphatic heterocycles. The van der Waals surface area contributed by atoms with Gasteiger partial charge in [0.25, 0.3) is 5.91 Å². The van der Waals surface area contributed by atoms with E-state index in [1.807, 2.05) is 30.3 Å². The van der Waals surface area contributed by atoms with E-state index in [1.165, 1.54) is 0 Å². The van der Waals surface area contributed by atoms with Crippen LogP contribution in [0.4, 0.5) is 0 Å². The van der Waals surface area contributed by atoms with Gasteiger partial charge in [-0.2, -0.15) is 0 Å². The number of amides is 1. The van der Waals surface area contributed by atoms with Gasteiger partial charge in [-0.15, -0.1) is 0 Å². The zero-order valence-electron chi connectivity index (χ0n) is 12.7. The predicted octanol–water partition coefficient (Wildman–Crippen LogP) is 2.86. The van der Waals surface area contributed by atoms with Gasteiger partial charge in [0, 0.05) is 17.5 Å². The Bertz CT molecular complexity index is 871. The molecule has 2 atom stereocenters. The normalized spacial score (nSPS) is 19.5. The molecule has 1 aliphatic carbocycles. The minimum atomic E-state index is -0.0519. The number of H-pyrrole nitrogens is 1. The SMILES string of the molecule is COc1ccccc1[C@H]1C[C@@H]1NC(=O)c1ccc2nc[nH]c2c1. The first-order valence-electron chi connectivity index (χ1n) is 7.63. The second-order valence-electron chi connectivity index (χ2n) is 5.80. The van der Waals surface area contributed by atoms with Gasteiger partial charge in [-0.3, -0.25) is 4.79 Å². The van der Waals surface area contributed by atoms with Crippen molar-refractivity contribution in [3.63, 3.8) is 0 Å². The Hall–Kier alpha value is -2.82. The van der Waals surface area contributed by atoms with Gasteiger partial charge in [-0.25, -0.2) is 4.98 Å². The van der Waals surface area contributed by atoms with Crippen molar-refractivity contribution in [2.75, 3.05) is 7.11 Å². The molecule has 5 heteroatoms. The van der Waals surface area contributed by atoms with Gasteiger partial charge in [0.1, 0.15) is 5.75 Å². The molecular weight excluding hydrogens is 290 g/mol. The molecule has 2 N–H and O–H groups in total. The Kier molecular flexibility index (Phi) is 3.26. The summed E-state index contributed by atoms with van der Waals surface area (Å²) in [6, 6.07) is 13.6. The van der Waals surface area contributed by atoms with E-state index in [-0.39, 0.29) is 11.9 Å². The Balaban J connectivity index is 1.48. The molecule has 23 heavy (non-hydrogen) atoms. The first-order valence-corrected chi connectivity index (χ1v) is 7.63. The minimum Gasteiger partial charge on any atom is -0.496 e. The lowest BCUT2D eigenvalue weighted by atomic mass is 10.1. The largest absolute Gasteiger partial charge is 0.496 e. The Morgan fingerprint density at radius 1 is 1.30 bits per heavy atom. The molecule has 4 rings (SSSR count). The third kappa shape index (κ3) is 2.54. The number of rotatable bonds is 4. The average molecular weight is 307 g/mol. The smallest absolute Gasteiger partial charge is 0.251 e. The number of fused-ring (bicyclic) bond motifs is 1. The average Bonchev–Trinajstić information content (AvgIpc) is 3.18. The summed E-state index contributed by atoms with van der Waals surface area (Å²) in [7, 11) is 1.68. The van der Waals surface area contributed by atoms with Gasteiger partial charge < -0.3 is 15.0 Å². The summed E-state index contributed by atoms with van der Waals surface area (Å²) in [5.74, 6) is 1.16. The summed E-state index contributed by atoms with van der Waals surface area (Å²) >= 11 is 0. The van der Waals surface area contributed by atoms with Gasteiger partial charge in [0.15, 0.2) is 0 Å². The number of hydrogen-bond donors (Lipinski definition) is 2. The van der Waals surface area contributed by atoms with Crippen molar-refractivity contribution in [1.29, 1.82) is 0 Å². The zero-order chi connectivity index (χ0) is 15.8. The van der Waals surface area contributed by atoms with Gasteiger partial charge >= 0.3 is 0 Å². The molecule has 3 aromatic rings. The highest BCUT2D eigenvalue weighted by atomic mass is 16.5. The minimum absolute atomic E-state index is 0.0519. The second-order valence-corrected chi connectivity index (χ2v) is 5.80. The van der Waals surface area contributed by atoms with Crippen molar-refractivity contribution >= 4 is 16.9 Å². The van der Waals surface area contributed by atoms with Crippen LogP contribution in [0.2, 0.25) is 0 Å². The summed E-state index contributed by atoms with van der Waals surface area (Å²) in [6.07, 6.45) is 2.57. The number of carbonyl (C=O) groups is 1. The van der Waals surface area contributed by atoms with Crippen LogP contribution in [0.25, 0.3) is 11.0 Å². The number of benzene rings is 2. The molecule has 116 valence electrons. The number of nitrogens with zero attached hydrogens (tertiary/aromatic N) is 1. The lowest BCUT2D eigenvalue weighted by molar-refractivity contribution is 0.0950. The molecule has 0 radical (unpaired) electrons. The van der Waals surface area contributed by atoms with Gasteiger partial charge in [0.2, 0.25) is 0 Å². The zero-order valence-corrected chi connectivity index (χ0v) is 12.7.